The van der Waals surface area contributed by atoms with Crippen molar-refractivity contribution in [1.29, 1.82) is 0 Å². The number of likely N-dealkylation sites (tertiary alicyclic amines) is 1. The number of carbonyl (C=O) groups is 2. The van der Waals surface area contributed by atoms with Gasteiger partial charge in [-0.05, 0) is 35.2 Å². The van der Waals surface area contributed by atoms with Crippen molar-refractivity contribution in [2.45, 2.75) is 26.3 Å². The van der Waals surface area contributed by atoms with Gasteiger partial charge in [-0.25, -0.2) is 0 Å². The monoisotopic (exact) mass is 385 g/mol. The summed E-state index contributed by atoms with van der Waals surface area (Å²) in [5.74, 6) is -1.30. The fourth-order valence-electron chi connectivity index (χ4n) is 4.15. The lowest BCUT2D eigenvalue weighted by atomic mass is 9.91. The van der Waals surface area contributed by atoms with Crippen molar-refractivity contribution in [2.24, 2.45) is 0 Å². The van der Waals surface area contributed by atoms with E-state index in [9.17, 15) is 14.7 Å². The van der Waals surface area contributed by atoms with Gasteiger partial charge in [0.2, 0.25) is 0 Å². The van der Waals surface area contributed by atoms with Crippen molar-refractivity contribution in [3.05, 3.63) is 89.0 Å². The molecule has 1 heterocycles. The Morgan fingerprint density at radius 3 is 2.41 bits per heavy atom. The molecule has 0 aromatic heterocycles. The molecule has 146 valence electrons. The molecule has 1 aliphatic rings. The van der Waals surface area contributed by atoms with E-state index in [1.807, 2.05) is 74.5 Å². The Morgan fingerprint density at radius 1 is 0.966 bits per heavy atom. The molecule has 0 saturated carbocycles. The average Bonchev–Trinajstić information content (AvgIpc) is 2.98. The number of carbonyl (C=O) groups excluding carboxylic acids is 2. The average molecular weight is 385 g/mol. The summed E-state index contributed by atoms with van der Waals surface area (Å²) < 4.78 is 0. The number of aliphatic hydroxyl groups is 1. The molecule has 0 radical (unpaired) electrons. The molecule has 29 heavy (non-hydrogen) atoms. The van der Waals surface area contributed by atoms with E-state index >= 15 is 0 Å². The third kappa shape index (κ3) is 3.11. The molecule has 0 bridgehead atoms. The summed E-state index contributed by atoms with van der Waals surface area (Å²) in [5, 5.41) is 13.1. The maximum absolute atomic E-state index is 13.0. The van der Waals surface area contributed by atoms with Crippen LogP contribution >= 0.6 is 0 Å². The number of aliphatic hydroxyl groups excluding tert-OH is 1. The van der Waals surface area contributed by atoms with Gasteiger partial charge in [0.1, 0.15) is 5.76 Å². The second-order valence-corrected chi connectivity index (χ2v) is 7.38. The van der Waals surface area contributed by atoms with E-state index in [2.05, 4.69) is 0 Å². The van der Waals surface area contributed by atoms with Crippen molar-refractivity contribution in [3.63, 3.8) is 0 Å². The highest BCUT2D eigenvalue weighted by molar-refractivity contribution is 6.46. The van der Waals surface area contributed by atoms with E-state index in [0.717, 1.165) is 28.3 Å². The van der Waals surface area contributed by atoms with Crippen LogP contribution in [-0.4, -0.2) is 28.2 Å². The quantitative estimate of drug-likeness (QED) is 0.391. The topological polar surface area (TPSA) is 57.6 Å². The van der Waals surface area contributed by atoms with E-state index in [-0.39, 0.29) is 11.3 Å². The second kappa shape index (κ2) is 7.55. The van der Waals surface area contributed by atoms with E-state index in [1.165, 1.54) is 0 Å². The van der Waals surface area contributed by atoms with Crippen molar-refractivity contribution in [2.75, 3.05) is 6.54 Å². The Morgan fingerprint density at radius 2 is 1.66 bits per heavy atom. The van der Waals surface area contributed by atoms with Gasteiger partial charge in [-0.2, -0.15) is 0 Å². The smallest absolute Gasteiger partial charge is 0.295 e. The van der Waals surface area contributed by atoms with Crippen LogP contribution in [0.25, 0.3) is 16.5 Å². The summed E-state index contributed by atoms with van der Waals surface area (Å²) in [7, 11) is 0. The first-order chi connectivity index (χ1) is 14.0. The van der Waals surface area contributed by atoms with Gasteiger partial charge in [-0.1, -0.05) is 73.7 Å². The molecule has 1 aliphatic heterocycles. The van der Waals surface area contributed by atoms with Gasteiger partial charge in [0, 0.05) is 12.1 Å². The van der Waals surface area contributed by atoms with Crippen LogP contribution in [0.4, 0.5) is 0 Å². The van der Waals surface area contributed by atoms with E-state index < -0.39 is 17.7 Å². The lowest BCUT2D eigenvalue weighted by Crippen LogP contribution is -2.30. The summed E-state index contributed by atoms with van der Waals surface area (Å²) in [6.07, 6.45) is 0.726. The number of hydrogen-bond acceptors (Lipinski definition) is 3. The molecular formula is C25H23NO3. The molecule has 1 saturated heterocycles. The number of aryl methyl sites for hydroxylation is 1. The SMILES string of the molecule is CCCN1C(=O)C(=O)/C(=C(/O)c2cccc3ccccc23)C1c1ccccc1C. The lowest BCUT2D eigenvalue weighted by Gasteiger charge is -2.26. The number of hydrogen-bond donors (Lipinski definition) is 1. The number of benzene rings is 3. The van der Waals surface area contributed by atoms with Gasteiger partial charge in [0.25, 0.3) is 11.7 Å². The first-order valence-corrected chi connectivity index (χ1v) is 9.86. The fraction of sp³-hybridized carbons (Fsp3) is 0.200. The first kappa shape index (κ1) is 18.9. The predicted octanol–water partition coefficient (Wildman–Crippen LogP) is 4.98. The molecule has 3 aromatic carbocycles. The highest BCUT2D eigenvalue weighted by Gasteiger charge is 2.46. The number of fused-ring (bicyclic) bond motifs is 1. The Hall–Kier alpha value is -3.40. The molecule has 1 fully saturated rings. The van der Waals surface area contributed by atoms with Crippen molar-refractivity contribution in [1.82, 2.24) is 4.90 Å². The Balaban J connectivity index is 1.99. The minimum Gasteiger partial charge on any atom is -0.507 e. The number of Topliss-reactive ketones (excluding diaryl/α,β-unsaturated/α-hetero) is 1. The summed E-state index contributed by atoms with van der Waals surface area (Å²) in [4.78, 5) is 27.4. The summed E-state index contributed by atoms with van der Waals surface area (Å²) in [5.41, 5.74) is 2.57. The van der Waals surface area contributed by atoms with Gasteiger partial charge in [0.05, 0.1) is 11.6 Å². The Bertz CT molecular complexity index is 1140. The minimum absolute atomic E-state index is 0.119. The molecule has 3 aromatic rings. The number of ketones is 1. The normalized spacial score (nSPS) is 18.6. The van der Waals surface area contributed by atoms with Gasteiger partial charge < -0.3 is 10.0 Å². The minimum atomic E-state index is -0.628. The molecule has 1 unspecified atom stereocenters. The summed E-state index contributed by atoms with van der Waals surface area (Å²) >= 11 is 0. The Kier molecular flexibility index (Phi) is 4.93. The first-order valence-electron chi connectivity index (χ1n) is 9.86. The zero-order chi connectivity index (χ0) is 20.5. The number of nitrogens with zero attached hydrogens (tertiary/aromatic N) is 1. The highest BCUT2D eigenvalue weighted by atomic mass is 16.3. The third-order valence-electron chi connectivity index (χ3n) is 5.53. The molecule has 1 N–H and O–H groups in total. The number of amides is 1. The van der Waals surface area contributed by atoms with Crippen LogP contribution in [-0.2, 0) is 9.59 Å². The largest absolute Gasteiger partial charge is 0.507 e. The third-order valence-corrected chi connectivity index (χ3v) is 5.53. The molecule has 1 amide bonds. The van der Waals surface area contributed by atoms with Crippen LogP contribution in [0.1, 0.15) is 36.1 Å². The summed E-state index contributed by atoms with van der Waals surface area (Å²) in [6.45, 7) is 4.38. The van der Waals surface area contributed by atoms with E-state index in [0.29, 0.717) is 12.1 Å². The lowest BCUT2D eigenvalue weighted by molar-refractivity contribution is -0.139. The van der Waals surface area contributed by atoms with Crippen LogP contribution in [0.3, 0.4) is 0 Å². The van der Waals surface area contributed by atoms with Gasteiger partial charge in [0.15, 0.2) is 0 Å². The molecule has 4 nitrogen and oxygen atoms in total. The second-order valence-electron chi connectivity index (χ2n) is 7.38. The highest BCUT2D eigenvalue weighted by Crippen LogP contribution is 2.41. The summed E-state index contributed by atoms with van der Waals surface area (Å²) in [6, 6.07) is 20.4. The van der Waals surface area contributed by atoms with Crippen LogP contribution < -0.4 is 0 Å². The molecule has 4 heteroatoms. The van der Waals surface area contributed by atoms with E-state index in [4.69, 9.17) is 0 Å². The zero-order valence-electron chi connectivity index (χ0n) is 16.6. The fourth-order valence-corrected chi connectivity index (χ4v) is 4.15. The van der Waals surface area contributed by atoms with E-state index in [1.54, 1.807) is 11.0 Å². The zero-order valence-corrected chi connectivity index (χ0v) is 16.6. The van der Waals surface area contributed by atoms with Crippen molar-refractivity contribution >= 4 is 28.2 Å². The van der Waals surface area contributed by atoms with Gasteiger partial charge in [-0.15, -0.1) is 0 Å². The molecule has 4 rings (SSSR count). The standard InChI is InChI=1S/C25H23NO3/c1-3-15-26-22(18-12-6-4-9-16(18)2)21(24(28)25(26)29)23(27)20-14-8-11-17-10-5-7-13-19(17)20/h4-14,22,27H,3,15H2,1-2H3/b23-21+. The van der Waals surface area contributed by atoms with Crippen LogP contribution in [0.2, 0.25) is 0 Å². The van der Waals surface area contributed by atoms with Gasteiger partial charge in [-0.3, -0.25) is 9.59 Å². The molecule has 0 aliphatic carbocycles. The maximum Gasteiger partial charge on any atom is 0.295 e. The predicted molar refractivity (Wildman–Crippen MR) is 114 cm³/mol. The molecule has 0 spiro atoms. The van der Waals surface area contributed by atoms with Gasteiger partial charge >= 0.3 is 0 Å². The van der Waals surface area contributed by atoms with Crippen LogP contribution in [0.15, 0.2) is 72.3 Å². The van der Waals surface area contributed by atoms with Crippen LogP contribution in [0.5, 0.6) is 0 Å². The van der Waals surface area contributed by atoms with Crippen molar-refractivity contribution < 1.29 is 14.7 Å². The molecular weight excluding hydrogens is 362 g/mol. The Labute approximate surface area is 170 Å². The number of rotatable bonds is 4. The molecule has 1 atom stereocenters. The van der Waals surface area contributed by atoms with Crippen LogP contribution in [0, 0.1) is 6.92 Å². The van der Waals surface area contributed by atoms with Crippen molar-refractivity contribution in [3.8, 4) is 0 Å². The maximum atomic E-state index is 13.0.